The van der Waals surface area contributed by atoms with Crippen LogP contribution in [-0.4, -0.2) is 5.97 Å². The van der Waals surface area contributed by atoms with Gasteiger partial charge in [-0.15, -0.1) is 0 Å². The van der Waals surface area contributed by atoms with Crippen molar-refractivity contribution in [2.45, 2.75) is 6.92 Å². The highest BCUT2D eigenvalue weighted by molar-refractivity contribution is 5.83. The predicted molar refractivity (Wildman–Crippen MR) is 73.4 cm³/mol. The summed E-state index contributed by atoms with van der Waals surface area (Å²) in [7, 11) is 0. The molecule has 0 aromatic heterocycles. The normalized spacial score (nSPS) is 10.4. The van der Waals surface area contributed by atoms with Crippen molar-refractivity contribution >= 4 is 5.97 Å². The van der Waals surface area contributed by atoms with Gasteiger partial charge in [-0.2, -0.15) is 0 Å². The van der Waals surface area contributed by atoms with E-state index >= 15 is 0 Å². The Bertz CT molecular complexity index is 574. The highest BCUT2D eigenvalue weighted by Gasteiger charge is 2.02. The van der Waals surface area contributed by atoms with Crippen LogP contribution in [0.3, 0.4) is 0 Å². The summed E-state index contributed by atoms with van der Waals surface area (Å²) in [6.45, 7) is 1.76. The SMILES string of the molecule is CC=CC(=O)Oc1cccc(Oc2ccccc2)c1. The highest BCUT2D eigenvalue weighted by atomic mass is 16.5. The van der Waals surface area contributed by atoms with E-state index in [0.29, 0.717) is 11.5 Å². The topological polar surface area (TPSA) is 35.5 Å². The first-order chi connectivity index (χ1) is 9.28. The fourth-order valence-corrected chi connectivity index (χ4v) is 1.51. The van der Waals surface area contributed by atoms with E-state index in [1.54, 1.807) is 37.3 Å². The predicted octanol–water partition coefficient (Wildman–Crippen LogP) is 3.96. The number of allylic oxidation sites excluding steroid dienone is 1. The van der Waals surface area contributed by atoms with E-state index in [1.165, 1.54) is 6.08 Å². The van der Waals surface area contributed by atoms with Gasteiger partial charge in [-0.1, -0.05) is 30.3 Å². The number of hydrogen-bond donors (Lipinski definition) is 0. The lowest BCUT2D eigenvalue weighted by Gasteiger charge is -2.07. The van der Waals surface area contributed by atoms with Crippen LogP contribution in [0.1, 0.15) is 6.92 Å². The van der Waals surface area contributed by atoms with Crippen LogP contribution in [-0.2, 0) is 4.79 Å². The van der Waals surface area contributed by atoms with Gasteiger partial charge in [0, 0.05) is 12.1 Å². The third-order valence-corrected chi connectivity index (χ3v) is 2.31. The number of ether oxygens (including phenoxy) is 2. The molecule has 0 radical (unpaired) electrons. The summed E-state index contributed by atoms with van der Waals surface area (Å²) in [5.74, 6) is 1.41. The van der Waals surface area contributed by atoms with Crippen LogP contribution in [0.2, 0.25) is 0 Å². The maximum Gasteiger partial charge on any atom is 0.335 e. The van der Waals surface area contributed by atoms with E-state index < -0.39 is 5.97 Å². The molecule has 0 saturated heterocycles. The molecule has 0 fully saturated rings. The van der Waals surface area contributed by atoms with E-state index in [2.05, 4.69) is 0 Å². The first-order valence-corrected chi connectivity index (χ1v) is 5.95. The Labute approximate surface area is 112 Å². The molecule has 96 valence electrons. The molecule has 0 aliphatic heterocycles. The molecule has 3 nitrogen and oxygen atoms in total. The molecule has 2 aromatic carbocycles. The molecule has 19 heavy (non-hydrogen) atoms. The average molecular weight is 254 g/mol. The van der Waals surface area contributed by atoms with Gasteiger partial charge < -0.3 is 9.47 Å². The summed E-state index contributed by atoms with van der Waals surface area (Å²) in [6.07, 6.45) is 3.00. The molecule has 0 atom stereocenters. The molecule has 0 amide bonds. The van der Waals surface area contributed by atoms with Gasteiger partial charge in [0.25, 0.3) is 0 Å². The van der Waals surface area contributed by atoms with Crippen LogP contribution in [0, 0.1) is 0 Å². The standard InChI is InChI=1S/C16H14O3/c1-2-7-16(17)19-15-11-6-10-14(12-15)18-13-8-4-3-5-9-13/h2-12H,1H3. The van der Waals surface area contributed by atoms with Gasteiger partial charge in [0.15, 0.2) is 0 Å². The smallest absolute Gasteiger partial charge is 0.335 e. The molecule has 0 heterocycles. The number of esters is 1. The molecule has 0 unspecified atom stereocenters. The van der Waals surface area contributed by atoms with Crippen molar-refractivity contribution in [3.05, 3.63) is 66.7 Å². The number of carbonyl (C=O) groups is 1. The van der Waals surface area contributed by atoms with Gasteiger partial charge in [0.1, 0.15) is 17.2 Å². The van der Waals surface area contributed by atoms with Crippen molar-refractivity contribution in [2.75, 3.05) is 0 Å². The van der Waals surface area contributed by atoms with Crippen molar-refractivity contribution in [3.8, 4) is 17.2 Å². The Balaban J connectivity index is 2.09. The quantitative estimate of drug-likeness (QED) is 0.470. The van der Waals surface area contributed by atoms with Crippen molar-refractivity contribution < 1.29 is 14.3 Å². The lowest BCUT2D eigenvalue weighted by molar-refractivity contribution is -0.129. The number of benzene rings is 2. The maximum atomic E-state index is 11.3. The summed E-state index contributed by atoms with van der Waals surface area (Å²) in [5, 5.41) is 0. The molecule has 0 aliphatic rings. The maximum absolute atomic E-state index is 11.3. The summed E-state index contributed by atoms with van der Waals surface area (Å²) in [6, 6.07) is 16.4. The average Bonchev–Trinajstić information content (AvgIpc) is 2.40. The van der Waals surface area contributed by atoms with E-state index in [-0.39, 0.29) is 0 Å². The second-order valence-electron chi connectivity index (χ2n) is 3.81. The van der Waals surface area contributed by atoms with Crippen molar-refractivity contribution in [1.82, 2.24) is 0 Å². The molecule has 2 rings (SSSR count). The molecule has 0 aliphatic carbocycles. The van der Waals surface area contributed by atoms with Gasteiger partial charge in [0.2, 0.25) is 0 Å². The zero-order valence-electron chi connectivity index (χ0n) is 10.6. The van der Waals surface area contributed by atoms with Crippen molar-refractivity contribution in [2.24, 2.45) is 0 Å². The fraction of sp³-hybridized carbons (Fsp3) is 0.0625. The third-order valence-electron chi connectivity index (χ3n) is 2.31. The van der Waals surface area contributed by atoms with Crippen LogP contribution >= 0.6 is 0 Å². The first kappa shape index (κ1) is 12.9. The molecule has 0 spiro atoms. The molecular formula is C16H14O3. The van der Waals surface area contributed by atoms with Crippen LogP contribution < -0.4 is 9.47 Å². The van der Waals surface area contributed by atoms with Crippen LogP contribution in [0.4, 0.5) is 0 Å². The summed E-state index contributed by atoms with van der Waals surface area (Å²) < 4.78 is 10.8. The molecule has 0 bridgehead atoms. The minimum absolute atomic E-state index is 0.403. The Kier molecular flexibility index (Phi) is 4.34. The lowest BCUT2D eigenvalue weighted by Crippen LogP contribution is -2.03. The van der Waals surface area contributed by atoms with Gasteiger partial charge in [-0.3, -0.25) is 0 Å². The van der Waals surface area contributed by atoms with E-state index in [4.69, 9.17) is 9.47 Å². The van der Waals surface area contributed by atoms with E-state index in [1.807, 2.05) is 30.3 Å². The zero-order valence-corrected chi connectivity index (χ0v) is 10.6. The largest absolute Gasteiger partial charge is 0.457 e. The molecule has 2 aromatic rings. The number of para-hydroxylation sites is 1. The Hall–Kier alpha value is -2.55. The van der Waals surface area contributed by atoms with Crippen LogP contribution in [0.15, 0.2) is 66.7 Å². The number of rotatable bonds is 4. The van der Waals surface area contributed by atoms with Gasteiger partial charge in [0.05, 0.1) is 0 Å². The fourth-order valence-electron chi connectivity index (χ4n) is 1.51. The second-order valence-corrected chi connectivity index (χ2v) is 3.81. The summed E-state index contributed by atoms with van der Waals surface area (Å²) in [5.41, 5.74) is 0. The Morgan fingerprint density at radius 2 is 1.63 bits per heavy atom. The lowest BCUT2D eigenvalue weighted by atomic mass is 10.3. The highest BCUT2D eigenvalue weighted by Crippen LogP contribution is 2.25. The second kappa shape index (κ2) is 6.40. The first-order valence-electron chi connectivity index (χ1n) is 5.95. The van der Waals surface area contributed by atoms with Crippen LogP contribution in [0.25, 0.3) is 0 Å². The molecule has 0 N–H and O–H groups in total. The summed E-state index contributed by atoms with van der Waals surface area (Å²) in [4.78, 5) is 11.3. The minimum atomic E-state index is -0.403. The van der Waals surface area contributed by atoms with Crippen molar-refractivity contribution in [1.29, 1.82) is 0 Å². The monoisotopic (exact) mass is 254 g/mol. The van der Waals surface area contributed by atoms with Crippen molar-refractivity contribution in [3.63, 3.8) is 0 Å². The van der Waals surface area contributed by atoms with Crippen LogP contribution in [0.5, 0.6) is 17.2 Å². The Morgan fingerprint density at radius 1 is 0.947 bits per heavy atom. The Morgan fingerprint density at radius 3 is 2.37 bits per heavy atom. The third kappa shape index (κ3) is 4.00. The molecule has 3 heteroatoms. The molecule has 0 saturated carbocycles. The number of carbonyl (C=O) groups excluding carboxylic acids is 1. The zero-order chi connectivity index (χ0) is 13.5. The van der Waals surface area contributed by atoms with E-state index in [0.717, 1.165) is 5.75 Å². The molecular weight excluding hydrogens is 240 g/mol. The minimum Gasteiger partial charge on any atom is -0.457 e. The van der Waals surface area contributed by atoms with Gasteiger partial charge in [-0.05, 0) is 31.2 Å². The number of hydrogen-bond acceptors (Lipinski definition) is 3. The van der Waals surface area contributed by atoms with Gasteiger partial charge in [-0.25, -0.2) is 4.79 Å². The van der Waals surface area contributed by atoms with E-state index in [9.17, 15) is 4.79 Å². The summed E-state index contributed by atoms with van der Waals surface area (Å²) >= 11 is 0. The van der Waals surface area contributed by atoms with Gasteiger partial charge >= 0.3 is 5.97 Å².